The van der Waals surface area contributed by atoms with Crippen LogP contribution >= 0.6 is 0 Å². The third kappa shape index (κ3) is 1.26. The monoisotopic (exact) mass is 157 g/mol. The van der Waals surface area contributed by atoms with E-state index < -0.39 is 11.5 Å². The summed E-state index contributed by atoms with van der Waals surface area (Å²) in [5.74, 6) is -1.08. The molecule has 0 spiro atoms. The number of carbonyl (C=O) groups is 1. The van der Waals surface area contributed by atoms with E-state index in [2.05, 4.69) is 4.99 Å². The van der Waals surface area contributed by atoms with Crippen LogP contribution in [0.5, 0.6) is 0 Å². The van der Waals surface area contributed by atoms with Gasteiger partial charge < -0.3 is 16.6 Å². The van der Waals surface area contributed by atoms with Gasteiger partial charge in [-0.15, -0.1) is 0 Å². The normalized spacial score (nSPS) is 20.0. The summed E-state index contributed by atoms with van der Waals surface area (Å²) in [7, 11) is 0. The van der Waals surface area contributed by atoms with E-state index in [1.807, 2.05) is 0 Å². The SMILES string of the molecule is NC(N)=NC1(C(=O)O)CCC1. The van der Waals surface area contributed by atoms with Crippen molar-refractivity contribution in [3.8, 4) is 0 Å². The van der Waals surface area contributed by atoms with Gasteiger partial charge in [0, 0.05) is 0 Å². The van der Waals surface area contributed by atoms with Crippen LogP contribution in [0.4, 0.5) is 0 Å². The molecule has 0 bridgehead atoms. The molecule has 1 aliphatic rings. The first kappa shape index (κ1) is 7.84. The molecule has 5 heteroatoms. The Hall–Kier alpha value is -1.26. The second-order valence-corrected chi connectivity index (χ2v) is 2.73. The summed E-state index contributed by atoms with van der Waals surface area (Å²) < 4.78 is 0. The zero-order valence-corrected chi connectivity index (χ0v) is 6.08. The van der Waals surface area contributed by atoms with Gasteiger partial charge in [0.1, 0.15) is 0 Å². The van der Waals surface area contributed by atoms with Gasteiger partial charge in [-0.2, -0.15) is 0 Å². The lowest BCUT2D eigenvalue weighted by atomic mass is 9.77. The average Bonchev–Trinajstić information content (AvgIpc) is 1.77. The third-order valence-electron chi connectivity index (χ3n) is 1.92. The van der Waals surface area contributed by atoms with E-state index in [-0.39, 0.29) is 5.96 Å². The second kappa shape index (κ2) is 2.41. The summed E-state index contributed by atoms with van der Waals surface area (Å²) in [6, 6.07) is 0. The summed E-state index contributed by atoms with van der Waals surface area (Å²) in [4.78, 5) is 14.3. The third-order valence-corrected chi connectivity index (χ3v) is 1.92. The molecular formula is C6H11N3O2. The van der Waals surface area contributed by atoms with Crippen molar-refractivity contribution in [1.29, 1.82) is 0 Å². The number of carboxylic acids is 1. The minimum atomic E-state index is -1.00. The Morgan fingerprint density at radius 1 is 1.45 bits per heavy atom. The minimum absolute atomic E-state index is 0.146. The molecule has 0 atom stereocenters. The molecule has 1 rings (SSSR count). The molecule has 0 radical (unpaired) electrons. The van der Waals surface area contributed by atoms with Crippen molar-refractivity contribution in [2.45, 2.75) is 24.8 Å². The molecule has 0 aliphatic heterocycles. The van der Waals surface area contributed by atoms with Crippen LogP contribution in [-0.4, -0.2) is 22.6 Å². The van der Waals surface area contributed by atoms with Gasteiger partial charge in [-0.1, -0.05) is 0 Å². The number of aliphatic carboxylic acids is 1. The van der Waals surface area contributed by atoms with Crippen LogP contribution in [0.2, 0.25) is 0 Å². The molecule has 0 amide bonds. The largest absolute Gasteiger partial charge is 0.479 e. The van der Waals surface area contributed by atoms with Crippen LogP contribution in [0.1, 0.15) is 19.3 Å². The Labute approximate surface area is 64.1 Å². The van der Waals surface area contributed by atoms with E-state index >= 15 is 0 Å². The van der Waals surface area contributed by atoms with Crippen LogP contribution in [-0.2, 0) is 4.79 Å². The fourth-order valence-corrected chi connectivity index (χ4v) is 1.13. The van der Waals surface area contributed by atoms with Gasteiger partial charge in [0.2, 0.25) is 0 Å². The maximum Gasteiger partial charge on any atom is 0.331 e. The molecular weight excluding hydrogens is 146 g/mol. The Morgan fingerprint density at radius 2 is 2.00 bits per heavy atom. The molecule has 1 fully saturated rings. The molecule has 0 heterocycles. The van der Waals surface area contributed by atoms with Crippen molar-refractivity contribution in [3.63, 3.8) is 0 Å². The zero-order chi connectivity index (χ0) is 8.48. The molecule has 5 N–H and O–H groups in total. The molecule has 0 unspecified atom stereocenters. The highest BCUT2D eigenvalue weighted by Crippen LogP contribution is 2.35. The lowest BCUT2D eigenvalue weighted by molar-refractivity contribution is -0.146. The molecule has 0 aromatic carbocycles. The standard InChI is InChI=1S/C6H11N3O2/c7-5(8)9-6(4(10)11)2-1-3-6/h1-3H2,(H,10,11)(H4,7,8,9). The van der Waals surface area contributed by atoms with Gasteiger partial charge in [0.25, 0.3) is 0 Å². The van der Waals surface area contributed by atoms with E-state index in [9.17, 15) is 4.79 Å². The van der Waals surface area contributed by atoms with Crippen molar-refractivity contribution >= 4 is 11.9 Å². The van der Waals surface area contributed by atoms with Crippen molar-refractivity contribution in [3.05, 3.63) is 0 Å². The first-order chi connectivity index (χ1) is 5.07. The molecule has 62 valence electrons. The summed E-state index contributed by atoms with van der Waals surface area (Å²) >= 11 is 0. The Balaban J connectivity index is 2.77. The van der Waals surface area contributed by atoms with Gasteiger partial charge >= 0.3 is 5.97 Å². The van der Waals surface area contributed by atoms with E-state index in [1.165, 1.54) is 0 Å². The molecule has 0 aromatic rings. The Bertz CT molecular complexity index is 204. The van der Waals surface area contributed by atoms with Crippen LogP contribution in [0.15, 0.2) is 4.99 Å². The number of nitrogens with two attached hydrogens (primary N) is 2. The lowest BCUT2D eigenvalue weighted by Crippen LogP contribution is -2.46. The molecule has 11 heavy (non-hydrogen) atoms. The second-order valence-electron chi connectivity index (χ2n) is 2.73. The topological polar surface area (TPSA) is 102 Å². The fraction of sp³-hybridized carbons (Fsp3) is 0.667. The number of hydrogen-bond acceptors (Lipinski definition) is 2. The average molecular weight is 157 g/mol. The fourth-order valence-electron chi connectivity index (χ4n) is 1.13. The Kier molecular flexibility index (Phi) is 1.72. The maximum absolute atomic E-state index is 10.6. The molecule has 5 nitrogen and oxygen atoms in total. The first-order valence-corrected chi connectivity index (χ1v) is 3.41. The minimum Gasteiger partial charge on any atom is -0.479 e. The van der Waals surface area contributed by atoms with Crippen molar-refractivity contribution in [1.82, 2.24) is 0 Å². The van der Waals surface area contributed by atoms with Crippen molar-refractivity contribution in [2.75, 3.05) is 0 Å². The summed E-state index contributed by atoms with van der Waals surface area (Å²) in [6.45, 7) is 0. The zero-order valence-electron chi connectivity index (χ0n) is 6.08. The maximum atomic E-state index is 10.6. The molecule has 0 saturated heterocycles. The predicted octanol–water partition coefficient (Wildman–Crippen LogP) is -0.733. The quantitative estimate of drug-likeness (QED) is 0.363. The Morgan fingerprint density at radius 3 is 2.09 bits per heavy atom. The van der Waals surface area contributed by atoms with Gasteiger partial charge in [-0.05, 0) is 19.3 Å². The number of guanidine groups is 1. The van der Waals surface area contributed by atoms with E-state index in [0.29, 0.717) is 12.8 Å². The predicted molar refractivity (Wildman–Crippen MR) is 40.0 cm³/mol. The van der Waals surface area contributed by atoms with Crippen molar-refractivity contribution < 1.29 is 9.90 Å². The van der Waals surface area contributed by atoms with Crippen LogP contribution in [0.3, 0.4) is 0 Å². The summed E-state index contributed by atoms with van der Waals surface area (Å²) in [5.41, 5.74) is 9.18. The van der Waals surface area contributed by atoms with Gasteiger partial charge in [-0.3, -0.25) is 0 Å². The van der Waals surface area contributed by atoms with Gasteiger partial charge in [-0.25, -0.2) is 9.79 Å². The first-order valence-electron chi connectivity index (χ1n) is 3.41. The molecule has 1 aliphatic carbocycles. The van der Waals surface area contributed by atoms with E-state index in [1.54, 1.807) is 0 Å². The van der Waals surface area contributed by atoms with Crippen LogP contribution in [0.25, 0.3) is 0 Å². The van der Waals surface area contributed by atoms with Crippen LogP contribution in [0, 0.1) is 0 Å². The van der Waals surface area contributed by atoms with Crippen molar-refractivity contribution in [2.24, 2.45) is 16.5 Å². The molecule has 1 saturated carbocycles. The molecule has 0 aromatic heterocycles. The lowest BCUT2D eigenvalue weighted by Gasteiger charge is -2.33. The van der Waals surface area contributed by atoms with Gasteiger partial charge in [0.15, 0.2) is 11.5 Å². The van der Waals surface area contributed by atoms with E-state index in [4.69, 9.17) is 16.6 Å². The van der Waals surface area contributed by atoms with Crippen LogP contribution < -0.4 is 11.5 Å². The highest BCUT2D eigenvalue weighted by molar-refractivity contribution is 5.85. The van der Waals surface area contributed by atoms with Gasteiger partial charge in [0.05, 0.1) is 0 Å². The number of aliphatic imine (C=N–C) groups is 1. The summed E-state index contributed by atoms with van der Waals surface area (Å²) in [6.07, 6.45) is 1.96. The van der Waals surface area contributed by atoms with E-state index in [0.717, 1.165) is 6.42 Å². The summed E-state index contributed by atoms with van der Waals surface area (Å²) in [5, 5.41) is 8.71. The number of carboxylic acid groups (broad SMARTS) is 1. The number of hydrogen-bond donors (Lipinski definition) is 3. The number of nitrogens with zero attached hydrogens (tertiary/aromatic N) is 1. The number of rotatable bonds is 2. The highest BCUT2D eigenvalue weighted by Gasteiger charge is 2.44. The smallest absolute Gasteiger partial charge is 0.331 e. The highest BCUT2D eigenvalue weighted by atomic mass is 16.4.